The molecule has 0 spiro atoms. The molecule has 0 saturated heterocycles. The van der Waals surface area contributed by atoms with Crippen molar-refractivity contribution >= 4 is 17.8 Å². The van der Waals surface area contributed by atoms with Gasteiger partial charge < -0.3 is 14.4 Å². The summed E-state index contributed by atoms with van der Waals surface area (Å²) in [4.78, 5) is 25.2. The molecule has 0 radical (unpaired) electrons. The highest BCUT2D eigenvalue weighted by Gasteiger charge is 2.08. The first-order valence-corrected chi connectivity index (χ1v) is 8.05. The van der Waals surface area contributed by atoms with Gasteiger partial charge in [-0.05, 0) is 35.9 Å². The Balaban J connectivity index is 1.99. The van der Waals surface area contributed by atoms with Crippen molar-refractivity contribution in [2.24, 2.45) is 0 Å². The first kappa shape index (κ1) is 20.1. The molecule has 0 N–H and O–H groups in total. The fourth-order valence-electron chi connectivity index (χ4n) is 2.04. The molecule has 2 aromatic carbocycles. The van der Waals surface area contributed by atoms with Gasteiger partial charge in [0.2, 0.25) is 0 Å². The van der Waals surface area contributed by atoms with Gasteiger partial charge in [-0.1, -0.05) is 30.3 Å². The molecule has 2 aromatic rings. The molecule has 0 unspecified atom stereocenters. The second-order valence-corrected chi connectivity index (χ2v) is 5.75. The van der Waals surface area contributed by atoms with Crippen LogP contribution in [0.2, 0.25) is 0 Å². The predicted molar refractivity (Wildman–Crippen MR) is 97.1 cm³/mol. The van der Waals surface area contributed by atoms with Gasteiger partial charge in [-0.3, -0.25) is 9.59 Å². The van der Waals surface area contributed by atoms with Gasteiger partial charge in [0.05, 0.1) is 0 Å². The van der Waals surface area contributed by atoms with Gasteiger partial charge in [-0.25, -0.2) is 0 Å². The summed E-state index contributed by atoms with van der Waals surface area (Å²) < 4.78 is 33.9. The van der Waals surface area contributed by atoms with E-state index in [1.54, 1.807) is 56.6 Å². The predicted octanol–water partition coefficient (Wildman–Crippen LogP) is 3.65. The molecule has 0 atom stereocenters. The molecule has 7 heteroatoms. The molecule has 27 heavy (non-hydrogen) atoms. The number of ketones is 1. The van der Waals surface area contributed by atoms with Crippen LogP contribution in [-0.4, -0.2) is 43.9 Å². The summed E-state index contributed by atoms with van der Waals surface area (Å²) in [5.74, 6) is 0.0155. The molecular weight excluding hydrogens is 356 g/mol. The smallest absolute Gasteiger partial charge is 0.387 e. The first-order chi connectivity index (χ1) is 12.8. The number of carbonyl (C=O) groups is 2. The third-order valence-corrected chi connectivity index (χ3v) is 3.51. The van der Waals surface area contributed by atoms with E-state index >= 15 is 0 Å². The van der Waals surface area contributed by atoms with Crippen molar-refractivity contribution in [1.82, 2.24) is 4.90 Å². The molecule has 0 aromatic heterocycles. The van der Waals surface area contributed by atoms with Crippen LogP contribution in [0.1, 0.15) is 15.9 Å². The third kappa shape index (κ3) is 6.54. The average Bonchev–Trinajstić information content (AvgIpc) is 2.65. The number of allylic oxidation sites excluding steroid dienone is 1. The summed E-state index contributed by atoms with van der Waals surface area (Å²) in [6.45, 7) is -3.00. The Bertz CT molecular complexity index is 817. The Labute approximate surface area is 155 Å². The maximum absolute atomic E-state index is 12.3. The van der Waals surface area contributed by atoms with Crippen molar-refractivity contribution in [3.05, 3.63) is 65.7 Å². The van der Waals surface area contributed by atoms with Crippen LogP contribution < -0.4 is 9.47 Å². The normalized spacial score (nSPS) is 10.9. The van der Waals surface area contributed by atoms with E-state index in [-0.39, 0.29) is 24.0 Å². The van der Waals surface area contributed by atoms with Crippen LogP contribution in [0.5, 0.6) is 11.5 Å². The largest absolute Gasteiger partial charge is 0.484 e. The highest BCUT2D eigenvalue weighted by atomic mass is 19.3. The van der Waals surface area contributed by atoms with Crippen LogP contribution >= 0.6 is 0 Å². The monoisotopic (exact) mass is 375 g/mol. The SMILES string of the molecule is CN(C)C(=O)COc1cccc(C(=O)/C=C/c2ccc(OC(F)F)cc2)c1. The van der Waals surface area contributed by atoms with Crippen LogP contribution in [0.3, 0.4) is 0 Å². The molecule has 0 heterocycles. The maximum Gasteiger partial charge on any atom is 0.387 e. The van der Waals surface area contributed by atoms with E-state index in [0.717, 1.165) is 0 Å². The zero-order chi connectivity index (χ0) is 19.8. The van der Waals surface area contributed by atoms with Gasteiger partial charge in [0.15, 0.2) is 12.4 Å². The van der Waals surface area contributed by atoms with Crippen LogP contribution in [-0.2, 0) is 4.79 Å². The number of hydrogen-bond acceptors (Lipinski definition) is 4. The molecule has 0 aliphatic carbocycles. The quantitative estimate of drug-likeness (QED) is 0.522. The molecular formula is C20H19F2NO4. The number of likely N-dealkylation sites (N-methyl/N-ethyl adjacent to an activating group) is 1. The summed E-state index contributed by atoms with van der Waals surface area (Å²) >= 11 is 0. The molecule has 0 bridgehead atoms. The number of alkyl halides is 2. The Hall–Kier alpha value is -3.22. The molecule has 0 saturated carbocycles. The number of nitrogens with zero attached hydrogens (tertiary/aromatic N) is 1. The number of hydrogen-bond donors (Lipinski definition) is 0. The highest BCUT2D eigenvalue weighted by Crippen LogP contribution is 2.17. The van der Waals surface area contributed by atoms with Crippen molar-refractivity contribution in [2.45, 2.75) is 6.61 Å². The number of halogens is 2. The van der Waals surface area contributed by atoms with Gasteiger partial charge in [0.25, 0.3) is 5.91 Å². The summed E-state index contributed by atoms with van der Waals surface area (Å²) in [5.41, 5.74) is 1.06. The van der Waals surface area contributed by atoms with E-state index in [4.69, 9.17) is 4.74 Å². The lowest BCUT2D eigenvalue weighted by atomic mass is 10.1. The molecule has 5 nitrogen and oxygen atoms in total. The molecule has 0 aliphatic rings. The minimum absolute atomic E-state index is 0.0468. The summed E-state index contributed by atoms with van der Waals surface area (Å²) in [5, 5.41) is 0. The zero-order valence-electron chi connectivity index (χ0n) is 14.9. The molecule has 1 amide bonds. The third-order valence-electron chi connectivity index (χ3n) is 3.51. The van der Waals surface area contributed by atoms with Crippen molar-refractivity contribution in [3.8, 4) is 11.5 Å². The molecule has 2 rings (SSSR count). The van der Waals surface area contributed by atoms with Crippen molar-refractivity contribution in [2.75, 3.05) is 20.7 Å². The van der Waals surface area contributed by atoms with E-state index in [9.17, 15) is 18.4 Å². The van der Waals surface area contributed by atoms with E-state index in [1.807, 2.05) is 0 Å². The number of ether oxygens (including phenoxy) is 2. The maximum atomic E-state index is 12.3. The Kier molecular flexibility index (Phi) is 7.05. The Morgan fingerprint density at radius 1 is 1.07 bits per heavy atom. The summed E-state index contributed by atoms with van der Waals surface area (Å²) in [6, 6.07) is 12.4. The van der Waals surface area contributed by atoms with Crippen LogP contribution in [0, 0.1) is 0 Å². The second kappa shape index (κ2) is 9.47. The fourth-order valence-corrected chi connectivity index (χ4v) is 2.04. The van der Waals surface area contributed by atoms with Gasteiger partial charge >= 0.3 is 6.61 Å². The van der Waals surface area contributed by atoms with E-state index in [1.165, 1.54) is 23.1 Å². The number of carbonyl (C=O) groups excluding carboxylic acids is 2. The van der Waals surface area contributed by atoms with Gasteiger partial charge in [0.1, 0.15) is 11.5 Å². The average molecular weight is 375 g/mol. The Morgan fingerprint density at radius 3 is 2.41 bits per heavy atom. The lowest BCUT2D eigenvalue weighted by Gasteiger charge is -2.11. The van der Waals surface area contributed by atoms with Crippen molar-refractivity contribution in [3.63, 3.8) is 0 Å². The van der Waals surface area contributed by atoms with Gasteiger partial charge in [-0.2, -0.15) is 8.78 Å². The van der Waals surface area contributed by atoms with Crippen LogP contribution in [0.15, 0.2) is 54.6 Å². The Morgan fingerprint density at radius 2 is 1.78 bits per heavy atom. The lowest BCUT2D eigenvalue weighted by Crippen LogP contribution is -2.27. The van der Waals surface area contributed by atoms with Crippen LogP contribution in [0.4, 0.5) is 8.78 Å². The summed E-state index contributed by atoms with van der Waals surface area (Å²) in [7, 11) is 3.26. The minimum Gasteiger partial charge on any atom is -0.484 e. The van der Waals surface area contributed by atoms with E-state index in [0.29, 0.717) is 16.9 Å². The zero-order valence-corrected chi connectivity index (χ0v) is 14.9. The molecule has 0 aliphatic heterocycles. The fraction of sp³-hybridized carbons (Fsp3) is 0.200. The lowest BCUT2D eigenvalue weighted by molar-refractivity contribution is -0.130. The van der Waals surface area contributed by atoms with E-state index in [2.05, 4.69) is 4.74 Å². The van der Waals surface area contributed by atoms with Gasteiger partial charge in [-0.15, -0.1) is 0 Å². The van der Waals surface area contributed by atoms with Crippen LogP contribution in [0.25, 0.3) is 6.08 Å². The summed E-state index contributed by atoms with van der Waals surface area (Å²) in [6.07, 6.45) is 2.94. The number of rotatable bonds is 8. The molecule has 142 valence electrons. The molecule has 0 fully saturated rings. The second-order valence-electron chi connectivity index (χ2n) is 5.75. The standard InChI is InChI=1S/C20H19F2NO4/c1-23(2)19(25)13-26-17-5-3-4-15(12-17)18(24)11-8-14-6-9-16(10-7-14)27-20(21)22/h3-12,20H,13H2,1-2H3/b11-8+. The topological polar surface area (TPSA) is 55.8 Å². The van der Waals surface area contributed by atoms with Gasteiger partial charge in [0, 0.05) is 19.7 Å². The highest BCUT2D eigenvalue weighted by molar-refractivity contribution is 6.07. The number of amides is 1. The number of benzene rings is 2. The van der Waals surface area contributed by atoms with Crippen molar-refractivity contribution < 1.29 is 27.8 Å². The minimum atomic E-state index is -2.88. The van der Waals surface area contributed by atoms with E-state index < -0.39 is 6.61 Å². The first-order valence-electron chi connectivity index (χ1n) is 8.05. The van der Waals surface area contributed by atoms with Crippen molar-refractivity contribution in [1.29, 1.82) is 0 Å².